The molecule has 0 aliphatic carbocycles. The number of benzene rings is 3. The molecule has 1 fully saturated rings. The zero-order chi connectivity index (χ0) is 24.4. The van der Waals surface area contributed by atoms with Gasteiger partial charge in [-0.15, -0.1) is 0 Å². The molecule has 3 aromatic rings. The van der Waals surface area contributed by atoms with Gasteiger partial charge in [-0.25, -0.2) is 8.78 Å². The molecule has 0 aromatic heterocycles. The summed E-state index contributed by atoms with van der Waals surface area (Å²) in [4.78, 5) is 17.0. The Morgan fingerprint density at radius 3 is 2.54 bits per heavy atom. The lowest BCUT2D eigenvalue weighted by atomic mass is 9.86. The summed E-state index contributed by atoms with van der Waals surface area (Å²) in [7, 11) is 0. The highest BCUT2D eigenvalue weighted by Crippen LogP contribution is 2.47. The average Bonchev–Trinajstić information content (AvgIpc) is 3.01. The van der Waals surface area contributed by atoms with Crippen LogP contribution in [-0.2, 0) is 6.42 Å². The lowest BCUT2D eigenvalue weighted by Gasteiger charge is -2.32. The number of halogens is 3. The molecule has 3 nitrogen and oxygen atoms in total. The predicted octanol–water partition coefficient (Wildman–Crippen LogP) is 6.87. The number of piperazine rings is 1. The Hall–Kier alpha value is -2.41. The number of nitrogens with one attached hydrogen (secondary N) is 1. The molecule has 0 saturated carbocycles. The fourth-order valence-electron chi connectivity index (χ4n) is 5.03. The van der Waals surface area contributed by atoms with Gasteiger partial charge in [-0.1, -0.05) is 23.4 Å². The molecule has 35 heavy (non-hydrogen) atoms. The van der Waals surface area contributed by atoms with Crippen molar-refractivity contribution in [2.45, 2.75) is 41.4 Å². The second-order valence-electron chi connectivity index (χ2n) is 9.15. The molecule has 2 aliphatic heterocycles. The molecule has 0 radical (unpaired) electrons. The highest BCUT2D eigenvalue weighted by molar-refractivity contribution is 7.99. The number of fused-ring (bicyclic) bond motifs is 2. The normalized spacial score (nSPS) is 17.5. The van der Waals surface area contributed by atoms with Crippen molar-refractivity contribution in [2.75, 3.05) is 31.1 Å². The van der Waals surface area contributed by atoms with Crippen molar-refractivity contribution < 1.29 is 13.6 Å². The first-order chi connectivity index (χ1) is 17.0. The Bertz CT molecular complexity index is 1230. The largest absolute Gasteiger partial charge is 0.369 e. The number of nitrogens with zero attached hydrogens (tertiary/aromatic N) is 1. The van der Waals surface area contributed by atoms with Gasteiger partial charge in [0.1, 0.15) is 11.6 Å². The van der Waals surface area contributed by atoms with Gasteiger partial charge in [0.05, 0.1) is 0 Å². The Balaban J connectivity index is 1.42. The van der Waals surface area contributed by atoms with E-state index in [9.17, 15) is 13.6 Å². The number of hydrogen-bond acceptors (Lipinski definition) is 4. The Morgan fingerprint density at radius 2 is 1.77 bits per heavy atom. The molecule has 1 N–H and O–H groups in total. The van der Waals surface area contributed by atoms with E-state index in [4.69, 9.17) is 11.6 Å². The van der Waals surface area contributed by atoms with Crippen molar-refractivity contribution in [3.05, 3.63) is 87.9 Å². The van der Waals surface area contributed by atoms with E-state index in [1.165, 1.54) is 17.7 Å². The van der Waals surface area contributed by atoms with Gasteiger partial charge in [-0.2, -0.15) is 0 Å². The molecule has 0 amide bonds. The minimum absolute atomic E-state index is 0.0169. The minimum Gasteiger partial charge on any atom is -0.369 e. The second-order valence-corrected chi connectivity index (χ2v) is 10.7. The molecule has 5 rings (SSSR count). The smallest absolute Gasteiger partial charge is 0.162 e. The van der Waals surface area contributed by atoms with E-state index in [2.05, 4.69) is 10.2 Å². The van der Waals surface area contributed by atoms with Crippen LogP contribution in [0, 0.1) is 11.6 Å². The third-order valence-corrected chi connectivity index (χ3v) is 8.22. The third-order valence-electron chi connectivity index (χ3n) is 6.81. The van der Waals surface area contributed by atoms with E-state index in [1.54, 1.807) is 36.0 Å². The third kappa shape index (κ3) is 5.55. The molecule has 2 heterocycles. The summed E-state index contributed by atoms with van der Waals surface area (Å²) >= 11 is 8.00. The number of carbonyl (C=O) groups excluding carboxylic acids is 1. The van der Waals surface area contributed by atoms with Gasteiger partial charge in [-0.3, -0.25) is 4.79 Å². The van der Waals surface area contributed by atoms with Gasteiger partial charge in [0, 0.05) is 58.7 Å². The van der Waals surface area contributed by atoms with E-state index in [0.29, 0.717) is 23.4 Å². The highest BCUT2D eigenvalue weighted by Gasteiger charge is 2.28. The summed E-state index contributed by atoms with van der Waals surface area (Å²) in [5.41, 5.74) is 3.83. The van der Waals surface area contributed by atoms with Gasteiger partial charge in [0.2, 0.25) is 0 Å². The molecular formula is C28H27ClF2N2OS. The first kappa shape index (κ1) is 24.3. The van der Waals surface area contributed by atoms with Crippen LogP contribution in [-0.4, -0.2) is 32.0 Å². The van der Waals surface area contributed by atoms with Crippen molar-refractivity contribution in [2.24, 2.45) is 0 Å². The number of hydrogen-bond donors (Lipinski definition) is 1. The van der Waals surface area contributed by atoms with Crippen LogP contribution in [0.2, 0.25) is 5.02 Å². The van der Waals surface area contributed by atoms with Crippen molar-refractivity contribution >= 4 is 34.8 Å². The summed E-state index contributed by atoms with van der Waals surface area (Å²) in [5.74, 6) is -0.390. The van der Waals surface area contributed by atoms with Crippen LogP contribution < -0.4 is 10.2 Å². The van der Waals surface area contributed by atoms with E-state index >= 15 is 0 Å². The maximum Gasteiger partial charge on any atom is 0.162 e. The summed E-state index contributed by atoms with van der Waals surface area (Å²) < 4.78 is 27.9. The van der Waals surface area contributed by atoms with Gasteiger partial charge in [0.15, 0.2) is 5.78 Å². The molecule has 182 valence electrons. The molecule has 0 spiro atoms. The van der Waals surface area contributed by atoms with Crippen LogP contribution in [0.3, 0.4) is 0 Å². The van der Waals surface area contributed by atoms with Crippen LogP contribution in [0.25, 0.3) is 0 Å². The number of ketones is 1. The van der Waals surface area contributed by atoms with E-state index in [1.807, 2.05) is 18.2 Å². The number of Topliss-reactive ketones (excluding diaryl/α,β-unsaturated/α-hetero) is 1. The molecule has 3 aromatic carbocycles. The number of carbonyl (C=O) groups is 1. The molecule has 2 aliphatic rings. The van der Waals surface area contributed by atoms with Crippen molar-refractivity contribution in [3.8, 4) is 0 Å². The predicted molar refractivity (Wildman–Crippen MR) is 138 cm³/mol. The topological polar surface area (TPSA) is 32.3 Å². The molecule has 7 heteroatoms. The quantitative estimate of drug-likeness (QED) is 0.365. The van der Waals surface area contributed by atoms with E-state index in [0.717, 1.165) is 60.1 Å². The maximum absolute atomic E-state index is 14.7. The summed E-state index contributed by atoms with van der Waals surface area (Å²) in [6.07, 6.45) is 2.67. The standard InChI is InChI=1S/C28H27ClF2N2OS/c29-20-6-9-27-23(15-20)19(2-1-3-26(34)18-4-7-21(30)8-5-18)14-24-25(33-12-10-32-11-13-33)16-22(31)17-28(24)35-27/h4-9,15-17,19,32H,1-3,10-14H2. The lowest BCUT2D eigenvalue weighted by molar-refractivity contribution is 0.0978. The fraction of sp³-hybridized carbons (Fsp3) is 0.321. The van der Waals surface area contributed by atoms with Crippen LogP contribution in [0.15, 0.2) is 64.4 Å². The average molecular weight is 513 g/mol. The second kappa shape index (κ2) is 10.7. The van der Waals surface area contributed by atoms with E-state index < -0.39 is 0 Å². The monoisotopic (exact) mass is 512 g/mol. The van der Waals surface area contributed by atoms with Crippen LogP contribution in [0.1, 0.15) is 46.7 Å². The molecule has 0 bridgehead atoms. The maximum atomic E-state index is 14.7. The molecule has 1 saturated heterocycles. The highest BCUT2D eigenvalue weighted by atomic mass is 35.5. The summed E-state index contributed by atoms with van der Waals surface area (Å²) in [6, 6.07) is 15.0. The zero-order valence-electron chi connectivity index (χ0n) is 19.3. The molecular weight excluding hydrogens is 486 g/mol. The lowest BCUT2D eigenvalue weighted by Crippen LogP contribution is -2.44. The van der Waals surface area contributed by atoms with Gasteiger partial charge < -0.3 is 10.2 Å². The molecule has 1 atom stereocenters. The Kier molecular flexibility index (Phi) is 7.42. The fourth-order valence-corrected chi connectivity index (χ4v) is 6.41. The van der Waals surface area contributed by atoms with Gasteiger partial charge in [-0.05, 0) is 90.9 Å². The Labute approximate surface area is 213 Å². The minimum atomic E-state index is -0.346. The van der Waals surface area contributed by atoms with Crippen LogP contribution in [0.5, 0.6) is 0 Å². The van der Waals surface area contributed by atoms with E-state index in [-0.39, 0.29) is 23.3 Å². The van der Waals surface area contributed by atoms with Gasteiger partial charge in [0.25, 0.3) is 0 Å². The first-order valence-electron chi connectivity index (χ1n) is 12.0. The number of anilines is 1. The summed E-state index contributed by atoms with van der Waals surface area (Å²) in [5, 5.41) is 4.04. The SMILES string of the molecule is O=C(CCCC1Cc2c(cc(F)cc2N2CCNCC2)Sc2ccc(Cl)cc21)c1ccc(F)cc1. The van der Waals surface area contributed by atoms with Crippen molar-refractivity contribution in [3.63, 3.8) is 0 Å². The van der Waals surface area contributed by atoms with Crippen LogP contribution >= 0.6 is 23.4 Å². The first-order valence-corrected chi connectivity index (χ1v) is 13.2. The zero-order valence-corrected chi connectivity index (χ0v) is 20.9. The van der Waals surface area contributed by atoms with Crippen LogP contribution in [0.4, 0.5) is 14.5 Å². The van der Waals surface area contributed by atoms with Crippen molar-refractivity contribution in [1.82, 2.24) is 5.32 Å². The number of rotatable bonds is 6. The van der Waals surface area contributed by atoms with Gasteiger partial charge >= 0.3 is 0 Å². The van der Waals surface area contributed by atoms with Crippen molar-refractivity contribution in [1.29, 1.82) is 0 Å². The molecule has 1 unspecified atom stereocenters. The Morgan fingerprint density at radius 1 is 1.00 bits per heavy atom. The summed E-state index contributed by atoms with van der Waals surface area (Å²) in [6.45, 7) is 3.44.